The van der Waals surface area contributed by atoms with E-state index in [-0.39, 0.29) is 5.82 Å². The lowest BCUT2D eigenvalue weighted by atomic mass is 10.1. The Morgan fingerprint density at radius 2 is 2.00 bits per heavy atom. The van der Waals surface area contributed by atoms with E-state index in [1.165, 1.54) is 12.1 Å². The first-order valence-electron chi connectivity index (χ1n) is 6.22. The van der Waals surface area contributed by atoms with Crippen LogP contribution in [0.4, 0.5) is 4.39 Å². The minimum absolute atomic E-state index is 0.265. The van der Waals surface area contributed by atoms with Crippen LogP contribution in [0.1, 0.15) is 35.6 Å². The van der Waals surface area contributed by atoms with Gasteiger partial charge in [-0.05, 0) is 30.0 Å². The zero-order chi connectivity index (χ0) is 13.8. The van der Waals surface area contributed by atoms with Crippen molar-refractivity contribution in [1.82, 2.24) is 15.0 Å². The number of nitrogens with zero attached hydrogens (tertiary/aromatic N) is 3. The maximum Gasteiger partial charge on any atom is 0.172 e. The van der Waals surface area contributed by atoms with Crippen LogP contribution in [-0.4, -0.2) is 21.3 Å². The number of carbonyl (C=O) groups is 1. The molecular weight excluding hydrogens is 245 g/mol. The second-order valence-corrected chi connectivity index (χ2v) is 4.92. The lowest BCUT2D eigenvalue weighted by molar-refractivity contribution is 0.111. The van der Waals surface area contributed by atoms with Gasteiger partial charge in [-0.15, -0.1) is 5.10 Å². The molecule has 0 atom stereocenters. The monoisotopic (exact) mass is 261 g/mol. The standard InChI is InChI=1S/C14H16FN3O/c1-10(2)7-14-13(9-19)16-17-18(14)8-11-3-5-12(15)6-4-11/h3-6,9-10H,7-8H2,1-2H3. The van der Waals surface area contributed by atoms with Crippen molar-refractivity contribution >= 4 is 6.29 Å². The molecule has 1 aromatic heterocycles. The fourth-order valence-electron chi connectivity index (χ4n) is 1.92. The van der Waals surface area contributed by atoms with Crippen LogP contribution in [0, 0.1) is 11.7 Å². The van der Waals surface area contributed by atoms with E-state index in [0.29, 0.717) is 18.2 Å². The van der Waals surface area contributed by atoms with Crippen molar-refractivity contribution in [2.45, 2.75) is 26.8 Å². The Morgan fingerprint density at radius 1 is 1.32 bits per heavy atom. The van der Waals surface area contributed by atoms with Crippen LogP contribution in [0.2, 0.25) is 0 Å². The first-order chi connectivity index (χ1) is 9.10. The molecule has 4 nitrogen and oxygen atoms in total. The first-order valence-corrected chi connectivity index (χ1v) is 6.22. The van der Waals surface area contributed by atoms with Crippen molar-refractivity contribution in [2.75, 3.05) is 0 Å². The molecule has 1 heterocycles. The van der Waals surface area contributed by atoms with Crippen molar-refractivity contribution in [3.63, 3.8) is 0 Å². The molecule has 0 aliphatic rings. The number of carbonyl (C=O) groups excluding carboxylic acids is 1. The molecule has 0 spiro atoms. The molecule has 2 aromatic rings. The van der Waals surface area contributed by atoms with Crippen LogP contribution in [-0.2, 0) is 13.0 Å². The van der Waals surface area contributed by atoms with Crippen molar-refractivity contribution in [1.29, 1.82) is 0 Å². The Kier molecular flexibility index (Phi) is 4.04. The number of rotatable bonds is 5. The van der Waals surface area contributed by atoms with Gasteiger partial charge in [0.05, 0.1) is 12.2 Å². The minimum atomic E-state index is -0.265. The van der Waals surface area contributed by atoms with Crippen LogP contribution in [0.15, 0.2) is 24.3 Å². The summed E-state index contributed by atoms with van der Waals surface area (Å²) in [4.78, 5) is 11.0. The molecule has 0 amide bonds. The second-order valence-electron chi connectivity index (χ2n) is 4.92. The molecule has 1 aromatic carbocycles. The molecule has 0 aliphatic heterocycles. The summed E-state index contributed by atoms with van der Waals surface area (Å²) in [7, 11) is 0. The van der Waals surface area contributed by atoms with E-state index in [1.54, 1.807) is 16.8 Å². The number of benzene rings is 1. The van der Waals surface area contributed by atoms with Gasteiger partial charge in [-0.1, -0.05) is 31.2 Å². The Labute approximate surface area is 111 Å². The molecule has 2 rings (SSSR count). The molecule has 5 heteroatoms. The SMILES string of the molecule is CC(C)Cc1c(C=O)nnn1Cc1ccc(F)cc1. The van der Waals surface area contributed by atoms with E-state index in [4.69, 9.17) is 0 Å². The lowest BCUT2D eigenvalue weighted by Crippen LogP contribution is -2.10. The quantitative estimate of drug-likeness (QED) is 0.777. The van der Waals surface area contributed by atoms with Gasteiger partial charge in [0.25, 0.3) is 0 Å². The topological polar surface area (TPSA) is 47.8 Å². The highest BCUT2D eigenvalue weighted by atomic mass is 19.1. The molecule has 0 saturated carbocycles. The van der Waals surface area contributed by atoms with Crippen molar-refractivity contribution in [2.24, 2.45) is 5.92 Å². The second kappa shape index (κ2) is 5.73. The van der Waals surface area contributed by atoms with Gasteiger partial charge in [0.2, 0.25) is 0 Å². The molecule has 100 valence electrons. The first kappa shape index (κ1) is 13.4. The molecule has 0 fully saturated rings. The van der Waals surface area contributed by atoms with Crippen molar-refractivity contribution in [3.05, 3.63) is 47.0 Å². The van der Waals surface area contributed by atoms with Gasteiger partial charge < -0.3 is 0 Å². The highest BCUT2D eigenvalue weighted by Crippen LogP contribution is 2.13. The van der Waals surface area contributed by atoms with Gasteiger partial charge in [-0.2, -0.15) is 0 Å². The zero-order valence-electron chi connectivity index (χ0n) is 11.0. The number of hydrogen-bond acceptors (Lipinski definition) is 3. The maximum absolute atomic E-state index is 12.9. The Balaban J connectivity index is 2.26. The van der Waals surface area contributed by atoms with Crippen LogP contribution in [0.5, 0.6) is 0 Å². The number of halogens is 1. The van der Waals surface area contributed by atoms with E-state index in [0.717, 1.165) is 24.0 Å². The lowest BCUT2D eigenvalue weighted by Gasteiger charge is -2.09. The summed E-state index contributed by atoms with van der Waals surface area (Å²) in [5.74, 6) is 0.141. The van der Waals surface area contributed by atoms with E-state index in [9.17, 15) is 9.18 Å². The summed E-state index contributed by atoms with van der Waals surface area (Å²) in [6.45, 7) is 4.64. The minimum Gasteiger partial charge on any atom is -0.296 e. The van der Waals surface area contributed by atoms with Gasteiger partial charge in [-0.3, -0.25) is 4.79 Å². The third kappa shape index (κ3) is 3.24. The van der Waals surface area contributed by atoms with Crippen molar-refractivity contribution in [3.8, 4) is 0 Å². The van der Waals surface area contributed by atoms with Gasteiger partial charge in [-0.25, -0.2) is 9.07 Å². The Morgan fingerprint density at radius 3 is 2.58 bits per heavy atom. The van der Waals surface area contributed by atoms with Gasteiger partial charge in [0.1, 0.15) is 11.5 Å². The van der Waals surface area contributed by atoms with Gasteiger partial charge >= 0.3 is 0 Å². The molecule has 0 N–H and O–H groups in total. The largest absolute Gasteiger partial charge is 0.296 e. The number of hydrogen-bond donors (Lipinski definition) is 0. The van der Waals surface area contributed by atoms with Gasteiger partial charge in [0.15, 0.2) is 6.29 Å². The van der Waals surface area contributed by atoms with Crippen LogP contribution >= 0.6 is 0 Å². The normalized spacial score (nSPS) is 10.9. The Hall–Kier alpha value is -2.04. The number of aromatic nitrogens is 3. The maximum atomic E-state index is 12.9. The summed E-state index contributed by atoms with van der Waals surface area (Å²) < 4.78 is 14.6. The molecule has 0 radical (unpaired) electrons. The van der Waals surface area contributed by atoms with Gasteiger partial charge in [0, 0.05) is 0 Å². The third-order valence-corrected chi connectivity index (χ3v) is 2.83. The van der Waals surface area contributed by atoms with E-state index in [1.807, 2.05) is 0 Å². The molecule has 0 aliphatic carbocycles. The number of aldehydes is 1. The fraction of sp³-hybridized carbons (Fsp3) is 0.357. The predicted molar refractivity (Wildman–Crippen MR) is 69.5 cm³/mol. The average molecular weight is 261 g/mol. The van der Waals surface area contributed by atoms with Crippen LogP contribution < -0.4 is 0 Å². The highest BCUT2D eigenvalue weighted by Gasteiger charge is 2.13. The molecule has 0 unspecified atom stereocenters. The zero-order valence-corrected chi connectivity index (χ0v) is 11.0. The van der Waals surface area contributed by atoms with E-state index in [2.05, 4.69) is 24.2 Å². The molecule has 0 bridgehead atoms. The summed E-state index contributed by atoms with van der Waals surface area (Å²) >= 11 is 0. The molecular formula is C14H16FN3O. The van der Waals surface area contributed by atoms with Crippen molar-refractivity contribution < 1.29 is 9.18 Å². The molecule has 0 saturated heterocycles. The summed E-state index contributed by atoms with van der Waals surface area (Å²) in [6.07, 6.45) is 1.47. The third-order valence-electron chi connectivity index (χ3n) is 2.83. The fourth-order valence-corrected chi connectivity index (χ4v) is 1.92. The van der Waals surface area contributed by atoms with E-state index >= 15 is 0 Å². The average Bonchev–Trinajstić information content (AvgIpc) is 2.74. The predicted octanol–water partition coefficient (Wildman–Crippen LogP) is 2.48. The van der Waals surface area contributed by atoms with Crippen LogP contribution in [0.3, 0.4) is 0 Å². The summed E-state index contributed by atoms with van der Waals surface area (Å²) in [5.41, 5.74) is 2.14. The van der Waals surface area contributed by atoms with Crippen LogP contribution in [0.25, 0.3) is 0 Å². The highest BCUT2D eigenvalue weighted by molar-refractivity contribution is 5.73. The Bertz CT molecular complexity index is 561. The summed E-state index contributed by atoms with van der Waals surface area (Å²) in [6, 6.07) is 6.23. The van der Waals surface area contributed by atoms with E-state index < -0.39 is 0 Å². The summed E-state index contributed by atoms with van der Waals surface area (Å²) in [5, 5.41) is 7.87. The molecule has 19 heavy (non-hydrogen) atoms. The smallest absolute Gasteiger partial charge is 0.172 e.